The van der Waals surface area contributed by atoms with E-state index in [1.807, 2.05) is 56.3 Å². The molecule has 5 heteroatoms. The van der Waals surface area contributed by atoms with Crippen molar-refractivity contribution in [1.82, 2.24) is 10.2 Å². The standard InChI is InChI=1S/C28H34N2O3/c1-5-20(2)29-28(32)21(3)30(19-22-13-16-25(33-4)17-14-22)27(31)18-15-24-11-8-10-23-9-6-7-12-26(23)24/h6-14,16-17,20-21H,5,15,18-19H2,1-4H3,(H,29,32)/t20-,21-/m1/s1. The van der Waals surface area contributed by atoms with Crippen LogP contribution in [0.4, 0.5) is 0 Å². The monoisotopic (exact) mass is 446 g/mol. The number of aryl methyl sites for hydroxylation is 1. The Morgan fingerprint density at radius 2 is 1.67 bits per heavy atom. The van der Waals surface area contributed by atoms with Gasteiger partial charge in [-0.2, -0.15) is 0 Å². The minimum absolute atomic E-state index is 0.0365. The first-order valence-corrected chi connectivity index (χ1v) is 11.6. The van der Waals surface area contributed by atoms with Crippen LogP contribution in [0.15, 0.2) is 66.7 Å². The molecule has 0 unspecified atom stereocenters. The molecule has 0 bridgehead atoms. The molecule has 3 aromatic carbocycles. The zero-order valence-corrected chi connectivity index (χ0v) is 20.0. The third-order valence-corrected chi connectivity index (χ3v) is 6.17. The molecule has 174 valence electrons. The van der Waals surface area contributed by atoms with E-state index < -0.39 is 6.04 Å². The number of fused-ring (bicyclic) bond motifs is 1. The van der Waals surface area contributed by atoms with Gasteiger partial charge in [0.05, 0.1) is 7.11 Å². The number of carbonyl (C=O) groups is 2. The van der Waals surface area contributed by atoms with Crippen molar-refractivity contribution in [2.75, 3.05) is 7.11 Å². The highest BCUT2D eigenvalue weighted by molar-refractivity contribution is 5.89. The summed E-state index contributed by atoms with van der Waals surface area (Å²) in [7, 11) is 1.62. The molecular formula is C28H34N2O3. The molecular weight excluding hydrogens is 412 g/mol. The molecule has 0 radical (unpaired) electrons. The molecule has 0 aliphatic carbocycles. The first-order chi connectivity index (χ1) is 15.9. The quantitative estimate of drug-likeness (QED) is 0.471. The maximum Gasteiger partial charge on any atom is 0.242 e. The molecule has 0 spiro atoms. The number of nitrogens with zero attached hydrogens (tertiary/aromatic N) is 1. The molecule has 0 aliphatic rings. The molecule has 3 aromatic rings. The van der Waals surface area contributed by atoms with Crippen molar-refractivity contribution in [3.05, 3.63) is 77.9 Å². The molecule has 3 rings (SSSR count). The van der Waals surface area contributed by atoms with Gasteiger partial charge in [-0.25, -0.2) is 0 Å². The first-order valence-electron chi connectivity index (χ1n) is 11.6. The number of amides is 2. The summed E-state index contributed by atoms with van der Waals surface area (Å²) < 4.78 is 5.24. The maximum atomic E-state index is 13.4. The minimum atomic E-state index is -0.568. The molecule has 5 nitrogen and oxygen atoms in total. The lowest BCUT2D eigenvalue weighted by Crippen LogP contribution is -2.49. The number of methoxy groups -OCH3 is 1. The molecule has 0 aliphatic heterocycles. The fourth-order valence-electron chi connectivity index (χ4n) is 3.87. The lowest BCUT2D eigenvalue weighted by molar-refractivity contribution is -0.140. The van der Waals surface area contributed by atoms with Crippen LogP contribution >= 0.6 is 0 Å². The van der Waals surface area contributed by atoms with Gasteiger partial charge in [0.1, 0.15) is 11.8 Å². The largest absolute Gasteiger partial charge is 0.497 e. The fourth-order valence-corrected chi connectivity index (χ4v) is 3.87. The Labute approximate surface area is 196 Å². The molecule has 2 amide bonds. The van der Waals surface area contributed by atoms with Crippen molar-refractivity contribution in [2.24, 2.45) is 0 Å². The van der Waals surface area contributed by atoms with Crippen LogP contribution < -0.4 is 10.1 Å². The predicted molar refractivity (Wildman–Crippen MR) is 133 cm³/mol. The summed E-state index contributed by atoms with van der Waals surface area (Å²) in [4.78, 5) is 28.0. The molecule has 1 N–H and O–H groups in total. The number of carbonyl (C=O) groups excluding carboxylic acids is 2. The van der Waals surface area contributed by atoms with E-state index >= 15 is 0 Å². The molecule has 2 atom stereocenters. The van der Waals surface area contributed by atoms with Gasteiger partial charge in [-0.05, 0) is 60.7 Å². The van der Waals surface area contributed by atoms with Crippen LogP contribution in [0.2, 0.25) is 0 Å². The average Bonchev–Trinajstić information content (AvgIpc) is 2.85. The molecule has 0 fully saturated rings. The summed E-state index contributed by atoms with van der Waals surface area (Å²) in [5.41, 5.74) is 2.10. The van der Waals surface area contributed by atoms with Crippen LogP contribution in [0.5, 0.6) is 5.75 Å². The second kappa shape index (κ2) is 11.5. The van der Waals surface area contributed by atoms with Crippen LogP contribution in [0.1, 0.15) is 44.7 Å². The van der Waals surface area contributed by atoms with Gasteiger partial charge in [-0.1, -0.05) is 61.5 Å². The van der Waals surface area contributed by atoms with Crippen LogP contribution in [-0.4, -0.2) is 35.9 Å². The molecule has 33 heavy (non-hydrogen) atoms. The highest BCUT2D eigenvalue weighted by Gasteiger charge is 2.26. The van der Waals surface area contributed by atoms with Crippen molar-refractivity contribution in [2.45, 2.75) is 58.7 Å². The highest BCUT2D eigenvalue weighted by atomic mass is 16.5. The Kier molecular flexibility index (Phi) is 8.47. The predicted octanol–water partition coefficient (Wildman–Crippen LogP) is 5.11. The summed E-state index contributed by atoms with van der Waals surface area (Å²) in [6.45, 7) is 6.17. The third kappa shape index (κ3) is 6.35. The van der Waals surface area contributed by atoms with E-state index in [1.54, 1.807) is 18.9 Å². The third-order valence-electron chi connectivity index (χ3n) is 6.17. The lowest BCUT2D eigenvalue weighted by atomic mass is 10.0. The minimum Gasteiger partial charge on any atom is -0.497 e. The van der Waals surface area contributed by atoms with Crippen molar-refractivity contribution in [3.63, 3.8) is 0 Å². The number of ether oxygens (including phenoxy) is 1. The van der Waals surface area contributed by atoms with E-state index in [1.165, 1.54) is 5.39 Å². The summed E-state index contributed by atoms with van der Waals surface area (Å²) in [6.07, 6.45) is 1.80. The van der Waals surface area contributed by atoms with Crippen LogP contribution in [-0.2, 0) is 22.6 Å². The second-order valence-corrected chi connectivity index (χ2v) is 8.50. The van der Waals surface area contributed by atoms with Crippen LogP contribution in [0.3, 0.4) is 0 Å². The van der Waals surface area contributed by atoms with Crippen molar-refractivity contribution < 1.29 is 14.3 Å². The van der Waals surface area contributed by atoms with Gasteiger partial charge in [0.15, 0.2) is 0 Å². The Balaban J connectivity index is 1.78. The summed E-state index contributed by atoms with van der Waals surface area (Å²) in [6, 6.07) is 21.5. The molecule has 0 aromatic heterocycles. The summed E-state index contributed by atoms with van der Waals surface area (Å²) >= 11 is 0. The van der Waals surface area contributed by atoms with E-state index in [-0.39, 0.29) is 17.9 Å². The zero-order valence-electron chi connectivity index (χ0n) is 20.0. The normalized spacial score (nSPS) is 12.7. The smallest absolute Gasteiger partial charge is 0.242 e. The number of hydrogen-bond donors (Lipinski definition) is 1. The highest BCUT2D eigenvalue weighted by Crippen LogP contribution is 2.21. The van der Waals surface area contributed by atoms with Gasteiger partial charge >= 0.3 is 0 Å². The number of benzene rings is 3. The summed E-state index contributed by atoms with van der Waals surface area (Å²) in [5.74, 6) is 0.595. The Morgan fingerprint density at radius 3 is 2.36 bits per heavy atom. The van der Waals surface area contributed by atoms with Crippen LogP contribution in [0, 0.1) is 0 Å². The van der Waals surface area contributed by atoms with Crippen molar-refractivity contribution >= 4 is 22.6 Å². The van der Waals surface area contributed by atoms with Gasteiger partial charge in [0.2, 0.25) is 11.8 Å². The summed E-state index contributed by atoms with van der Waals surface area (Å²) in [5, 5.41) is 5.34. The Bertz CT molecular complexity index is 1070. The SMILES string of the molecule is CC[C@@H](C)NC(=O)[C@@H](C)N(Cc1ccc(OC)cc1)C(=O)CCc1cccc2ccccc12. The first kappa shape index (κ1) is 24.3. The topological polar surface area (TPSA) is 58.6 Å². The van der Waals surface area contributed by atoms with E-state index in [0.29, 0.717) is 19.4 Å². The Hall–Kier alpha value is -3.34. The molecule has 0 heterocycles. The fraction of sp³-hybridized carbons (Fsp3) is 0.357. The van der Waals surface area contributed by atoms with Crippen molar-refractivity contribution in [1.29, 1.82) is 0 Å². The van der Waals surface area contributed by atoms with Gasteiger partial charge in [0, 0.05) is 19.0 Å². The van der Waals surface area contributed by atoms with Crippen molar-refractivity contribution in [3.8, 4) is 5.75 Å². The molecule has 0 saturated carbocycles. The lowest BCUT2D eigenvalue weighted by Gasteiger charge is -2.30. The Morgan fingerprint density at radius 1 is 0.970 bits per heavy atom. The van der Waals surface area contributed by atoms with Gasteiger partial charge in [-0.15, -0.1) is 0 Å². The van der Waals surface area contributed by atoms with Gasteiger partial charge < -0.3 is 15.0 Å². The van der Waals surface area contributed by atoms with Crippen LogP contribution in [0.25, 0.3) is 10.8 Å². The van der Waals surface area contributed by atoms with E-state index in [0.717, 1.165) is 28.7 Å². The van der Waals surface area contributed by atoms with E-state index in [2.05, 4.69) is 29.6 Å². The number of rotatable bonds is 10. The average molecular weight is 447 g/mol. The zero-order chi connectivity index (χ0) is 23.8. The maximum absolute atomic E-state index is 13.4. The number of hydrogen-bond acceptors (Lipinski definition) is 3. The number of nitrogens with one attached hydrogen (secondary N) is 1. The van der Waals surface area contributed by atoms with E-state index in [4.69, 9.17) is 4.74 Å². The van der Waals surface area contributed by atoms with Gasteiger partial charge in [-0.3, -0.25) is 9.59 Å². The second-order valence-electron chi connectivity index (χ2n) is 8.50. The molecule has 0 saturated heterocycles. The van der Waals surface area contributed by atoms with Gasteiger partial charge in [0.25, 0.3) is 0 Å². The van der Waals surface area contributed by atoms with E-state index in [9.17, 15) is 9.59 Å².